The van der Waals surface area contributed by atoms with Crippen LogP contribution < -0.4 is 21.7 Å². The van der Waals surface area contributed by atoms with Crippen molar-refractivity contribution in [1.29, 1.82) is 0 Å². The first-order chi connectivity index (χ1) is 18.5. The molecule has 2 rings (SSSR count). The third-order valence-electron chi connectivity index (χ3n) is 5.73. The average molecular weight is 545 g/mol. The molecule has 13 nitrogen and oxygen atoms in total. The predicted octanol–water partition coefficient (Wildman–Crippen LogP) is -1.10. The Kier molecular flexibility index (Phi) is 11.9. The van der Waals surface area contributed by atoms with Gasteiger partial charge in [0, 0.05) is 19.3 Å². The van der Waals surface area contributed by atoms with Gasteiger partial charge in [-0.2, -0.15) is 0 Å². The Balaban J connectivity index is 2.12. The van der Waals surface area contributed by atoms with Crippen LogP contribution >= 0.6 is 0 Å². The molecule has 4 unspecified atom stereocenters. The number of rotatable bonds is 15. The van der Waals surface area contributed by atoms with Gasteiger partial charge in [-0.15, -0.1) is 0 Å². The fourth-order valence-corrected chi connectivity index (χ4v) is 3.55. The Morgan fingerprint density at radius 3 is 1.79 bits per heavy atom. The number of carbonyl (C=O) groups excluding carboxylic acids is 3. The molecule has 0 spiro atoms. The molecule has 0 saturated carbocycles. The Morgan fingerprint density at radius 1 is 0.718 bits per heavy atom. The van der Waals surface area contributed by atoms with Gasteiger partial charge in [0.05, 0.1) is 12.6 Å². The average Bonchev–Trinajstić information content (AvgIpc) is 2.90. The molecular formula is C26H32N4O9. The number of benzene rings is 2. The summed E-state index contributed by atoms with van der Waals surface area (Å²) in [5.74, 6) is -5.12. The van der Waals surface area contributed by atoms with Gasteiger partial charge < -0.3 is 42.1 Å². The van der Waals surface area contributed by atoms with Crippen molar-refractivity contribution in [2.75, 3.05) is 6.61 Å². The number of carbonyl (C=O) groups is 5. The summed E-state index contributed by atoms with van der Waals surface area (Å²) >= 11 is 0. The van der Waals surface area contributed by atoms with Gasteiger partial charge in [0.15, 0.2) is 0 Å². The lowest BCUT2D eigenvalue weighted by Crippen LogP contribution is -2.58. The first-order valence-electron chi connectivity index (χ1n) is 12.0. The summed E-state index contributed by atoms with van der Waals surface area (Å²) < 4.78 is 0. The second-order valence-corrected chi connectivity index (χ2v) is 8.80. The molecule has 0 saturated heterocycles. The lowest BCUT2D eigenvalue weighted by Gasteiger charge is -2.24. The molecule has 0 aliphatic carbocycles. The highest BCUT2D eigenvalue weighted by molar-refractivity contribution is 5.94. The summed E-state index contributed by atoms with van der Waals surface area (Å²) in [4.78, 5) is 60.9. The van der Waals surface area contributed by atoms with Gasteiger partial charge in [0.1, 0.15) is 23.9 Å². The number of aliphatic carboxylic acids is 2. The SMILES string of the molecule is NC(CCC(=O)O)C(=O)NC(Cc1ccccc1)C(=O)NC(CO)C(=O)NC(Cc1ccc(O)cc1)C(=O)O. The van der Waals surface area contributed by atoms with E-state index in [-0.39, 0.29) is 31.4 Å². The van der Waals surface area contributed by atoms with E-state index in [1.54, 1.807) is 30.3 Å². The molecule has 210 valence electrons. The van der Waals surface area contributed by atoms with Gasteiger partial charge in [-0.05, 0) is 29.7 Å². The van der Waals surface area contributed by atoms with Crippen molar-refractivity contribution in [3.05, 3.63) is 65.7 Å². The zero-order valence-corrected chi connectivity index (χ0v) is 20.9. The van der Waals surface area contributed by atoms with Crippen LogP contribution in [0.1, 0.15) is 24.0 Å². The molecule has 2 aromatic carbocycles. The molecule has 0 fully saturated rings. The number of hydrogen-bond acceptors (Lipinski definition) is 8. The number of aromatic hydroxyl groups is 1. The van der Waals surface area contributed by atoms with Crippen LogP contribution in [-0.2, 0) is 36.8 Å². The van der Waals surface area contributed by atoms with Crippen molar-refractivity contribution >= 4 is 29.7 Å². The van der Waals surface area contributed by atoms with Crippen LogP contribution in [0, 0.1) is 0 Å². The molecule has 0 aliphatic rings. The fraction of sp³-hybridized carbons (Fsp3) is 0.346. The van der Waals surface area contributed by atoms with Crippen molar-refractivity contribution in [2.24, 2.45) is 5.73 Å². The van der Waals surface area contributed by atoms with E-state index in [2.05, 4.69) is 16.0 Å². The zero-order valence-electron chi connectivity index (χ0n) is 20.9. The standard InChI is InChI=1S/C26H32N4O9/c27-18(10-11-22(33)34)23(35)28-19(12-15-4-2-1-3-5-15)24(36)30-21(14-31)25(37)29-20(26(38)39)13-16-6-8-17(32)9-7-16/h1-9,18-21,31-32H,10-14,27H2,(H,28,35)(H,29,37)(H,30,36)(H,33,34)(H,38,39). The highest BCUT2D eigenvalue weighted by Gasteiger charge is 2.30. The Morgan fingerprint density at radius 2 is 1.23 bits per heavy atom. The maximum atomic E-state index is 13.1. The van der Waals surface area contributed by atoms with E-state index in [4.69, 9.17) is 10.8 Å². The van der Waals surface area contributed by atoms with E-state index < -0.39 is 60.4 Å². The van der Waals surface area contributed by atoms with E-state index in [9.17, 15) is 39.3 Å². The van der Waals surface area contributed by atoms with E-state index in [1.165, 1.54) is 24.3 Å². The number of nitrogens with two attached hydrogens (primary N) is 1. The van der Waals surface area contributed by atoms with Gasteiger partial charge in [-0.1, -0.05) is 42.5 Å². The minimum absolute atomic E-state index is 0.0115. The summed E-state index contributed by atoms with van der Waals surface area (Å²) in [7, 11) is 0. The summed E-state index contributed by atoms with van der Waals surface area (Å²) in [5.41, 5.74) is 6.92. The molecular weight excluding hydrogens is 512 g/mol. The van der Waals surface area contributed by atoms with Crippen LogP contribution in [0.25, 0.3) is 0 Å². The summed E-state index contributed by atoms with van der Waals surface area (Å²) in [6, 6.07) is 8.89. The van der Waals surface area contributed by atoms with Crippen LogP contribution in [0.15, 0.2) is 54.6 Å². The van der Waals surface area contributed by atoms with Crippen molar-refractivity contribution in [3.8, 4) is 5.75 Å². The highest BCUT2D eigenvalue weighted by atomic mass is 16.4. The second kappa shape index (κ2) is 15.1. The Labute approximate surface area is 224 Å². The van der Waals surface area contributed by atoms with Gasteiger partial charge in [-0.25, -0.2) is 4.79 Å². The minimum Gasteiger partial charge on any atom is -0.508 e. The van der Waals surface area contributed by atoms with Gasteiger partial charge in [0.2, 0.25) is 17.7 Å². The molecule has 9 N–H and O–H groups in total. The normalized spacial score (nSPS) is 13.8. The zero-order chi connectivity index (χ0) is 28.9. The van der Waals surface area contributed by atoms with Crippen molar-refractivity contribution in [2.45, 2.75) is 49.9 Å². The molecule has 39 heavy (non-hydrogen) atoms. The van der Waals surface area contributed by atoms with Crippen molar-refractivity contribution in [3.63, 3.8) is 0 Å². The molecule has 0 aromatic heterocycles. The second-order valence-electron chi connectivity index (χ2n) is 8.80. The van der Waals surface area contributed by atoms with Gasteiger partial charge in [0.25, 0.3) is 0 Å². The molecule has 0 bridgehead atoms. The molecule has 2 aromatic rings. The Bertz CT molecular complexity index is 1140. The van der Waals surface area contributed by atoms with Crippen LogP contribution in [0.4, 0.5) is 0 Å². The van der Waals surface area contributed by atoms with Gasteiger partial charge in [-0.3, -0.25) is 19.2 Å². The highest BCUT2D eigenvalue weighted by Crippen LogP contribution is 2.12. The van der Waals surface area contributed by atoms with Crippen molar-refractivity contribution < 1.29 is 44.4 Å². The molecule has 13 heteroatoms. The molecule has 0 heterocycles. The van der Waals surface area contributed by atoms with E-state index in [0.717, 1.165) is 0 Å². The maximum absolute atomic E-state index is 13.1. The summed E-state index contributed by atoms with van der Waals surface area (Å²) in [5, 5.41) is 44.6. The van der Waals surface area contributed by atoms with Crippen LogP contribution in [0.5, 0.6) is 5.75 Å². The predicted molar refractivity (Wildman–Crippen MR) is 137 cm³/mol. The number of nitrogens with one attached hydrogen (secondary N) is 3. The first-order valence-corrected chi connectivity index (χ1v) is 12.0. The number of carboxylic acids is 2. The number of amides is 3. The lowest BCUT2D eigenvalue weighted by atomic mass is 10.0. The van der Waals surface area contributed by atoms with Crippen LogP contribution in [0.2, 0.25) is 0 Å². The first kappa shape index (κ1) is 30.7. The monoisotopic (exact) mass is 544 g/mol. The largest absolute Gasteiger partial charge is 0.508 e. The van der Waals surface area contributed by atoms with Gasteiger partial charge >= 0.3 is 11.9 Å². The number of phenols is 1. The quantitative estimate of drug-likeness (QED) is 0.135. The Hall–Kier alpha value is -4.49. The van der Waals surface area contributed by atoms with E-state index in [0.29, 0.717) is 11.1 Å². The van der Waals surface area contributed by atoms with Crippen molar-refractivity contribution in [1.82, 2.24) is 16.0 Å². The number of hydrogen-bond donors (Lipinski definition) is 8. The van der Waals surface area contributed by atoms with E-state index >= 15 is 0 Å². The smallest absolute Gasteiger partial charge is 0.326 e. The lowest BCUT2D eigenvalue weighted by molar-refractivity contribution is -0.142. The topological polar surface area (TPSA) is 228 Å². The van der Waals surface area contributed by atoms with Crippen LogP contribution in [-0.4, -0.2) is 80.9 Å². The number of phenolic OH excluding ortho intramolecular Hbond substituents is 1. The van der Waals surface area contributed by atoms with Crippen LogP contribution in [0.3, 0.4) is 0 Å². The fourth-order valence-electron chi connectivity index (χ4n) is 3.55. The molecule has 3 amide bonds. The summed E-state index contributed by atoms with van der Waals surface area (Å²) in [6.45, 7) is -0.868. The molecule has 4 atom stereocenters. The maximum Gasteiger partial charge on any atom is 0.326 e. The molecule has 0 aliphatic heterocycles. The number of aliphatic hydroxyl groups is 1. The third-order valence-corrected chi connectivity index (χ3v) is 5.73. The summed E-state index contributed by atoms with van der Waals surface area (Å²) in [6.07, 6.45) is -0.664. The number of carboxylic acid groups (broad SMARTS) is 2. The number of aliphatic hydroxyl groups excluding tert-OH is 1. The minimum atomic E-state index is -1.55. The molecule has 0 radical (unpaired) electrons. The third kappa shape index (κ3) is 10.4. The van der Waals surface area contributed by atoms with E-state index in [1.807, 2.05) is 0 Å².